The van der Waals surface area contributed by atoms with Gasteiger partial charge in [0.25, 0.3) is 11.8 Å². The highest BCUT2D eigenvalue weighted by molar-refractivity contribution is 5.94. The molecule has 2 aromatic carbocycles. The predicted molar refractivity (Wildman–Crippen MR) is 109 cm³/mol. The molecule has 0 spiro atoms. The molecule has 1 aromatic heterocycles. The number of nitrogens with one attached hydrogen (secondary N) is 2. The molecule has 0 aliphatic rings. The molecule has 0 atom stereocenters. The van der Waals surface area contributed by atoms with E-state index in [4.69, 9.17) is 4.74 Å². The number of carbonyl (C=O) groups is 2. The van der Waals surface area contributed by atoms with Gasteiger partial charge in [-0.25, -0.2) is 4.98 Å². The van der Waals surface area contributed by atoms with Crippen molar-refractivity contribution in [1.82, 2.24) is 20.6 Å². The molecule has 3 rings (SSSR count). The van der Waals surface area contributed by atoms with Gasteiger partial charge in [-0.2, -0.15) is 0 Å². The zero-order chi connectivity index (χ0) is 20.3. The zero-order valence-corrected chi connectivity index (χ0v) is 15.9. The van der Waals surface area contributed by atoms with Gasteiger partial charge in [0.15, 0.2) is 0 Å². The smallest absolute Gasteiger partial charge is 0.271 e. The van der Waals surface area contributed by atoms with Crippen LogP contribution in [0.3, 0.4) is 0 Å². The van der Waals surface area contributed by atoms with Crippen LogP contribution in [0.15, 0.2) is 73.2 Å². The van der Waals surface area contributed by atoms with E-state index in [9.17, 15) is 9.59 Å². The van der Waals surface area contributed by atoms with Crippen molar-refractivity contribution in [3.8, 4) is 5.75 Å². The van der Waals surface area contributed by atoms with Gasteiger partial charge in [-0.3, -0.25) is 14.6 Å². The summed E-state index contributed by atoms with van der Waals surface area (Å²) in [5, 5.41) is 5.58. The average Bonchev–Trinajstić information content (AvgIpc) is 2.78. The number of aromatic nitrogens is 2. The Morgan fingerprint density at radius 2 is 1.69 bits per heavy atom. The van der Waals surface area contributed by atoms with E-state index in [1.54, 1.807) is 18.2 Å². The molecule has 0 aliphatic carbocycles. The second kappa shape index (κ2) is 10.6. The fourth-order valence-electron chi connectivity index (χ4n) is 2.57. The van der Waals surface area contributed by atoms with E-state index in [-0.39, 0.29) is 17.5 Å². The molecule has 0 radical (unpaired) electrons. The van der Waals surface area contributed by atoms with Gasteiger partial charge in [0, 0.05) is 31.0 Å². The normalized spacial score (nSPS) is 10.2. The van der Waals surface area contributed by atoms with Crippen LogP contribution >= 0.6 is 0 Å². The monoisotopic (exact) mass is 390 g/mol. The fraction of sp³-hybridized carbons (Fsp3) is 0.182. The molecule has 29 heavy (non-hydrogen) atoms. The Morgan fingerprint density at radius 1 is 0.897 bits per heavy atom. The maximum atomic E-state index is 12.3. The summed E-state index contributed by atoms with van der Waals surface area (Å²) >= 11 is 0. The molecule has 0 saturated carbocycles. The molecule has 0 unspecified atom stereocenters. The van der Waals surface area contributed by atoms with Crippen molar-refractivity contribution in [3.63, 3.8) is 0 Å². The lowest BCUT2D eigenvalue weighted by Crippen LogP contribution is -2.30. The van der Waals surface area contributed by atoms with Crippen LogP contribution in [-0.2, 0) is 6.61 Å². The second-order valence-corrected chi connectivity index (χ2v) is 6.26. The Bertz CT molecular complexity index is 933. The molecule has 2 N–H and O–H groups in total. The average molecular weight is 390 g/mol. The largest absolute Gasteiger partial charge is 0.489 e. The maximum Gasteiger partial charge on any atom is 0.271 e. The molecule has 7 heteroatoms. The molecule has 0 saturated heterocycles. The van der Waals surface area contributed by atoms with E-state index in [0.717, 1.165) is 5.56 Å². The standard InChI is InChI=1S/C22H22N4O3/c27-21(25-10-5-11-26-22(28)20-15-23-12-13-24-20)18-8-4-9-19(14-18)29-16-17-6-2-1-3-7-17/h1-4,6-9,12-15H,5,10-11,16H2,(H,25,27)(H,26,28). The zero-order valence-electron chi connectivity index (χ0n) is 15.9. The van der Waals surface area contributed by atoms with E-state index in [1.807, 2.05) is 36.4 Å². The first-order chi connectivity index (χ1) is 14.2. The summed E-state index contributed by atoms with van der Waals surface area (Å²) in [5.74, 6) is 0.167. The number of benzene rings is 2. The van der Waals surface area contributed by atoms with Crippen LogP contribution in [0.5, 0.6) is 5.75 Å². The van der Waals surface area contributed by atoms with Gasteiger partial charge in [-0.05, 0) is 30.2 Å². The van der Waals surface area contributed by atoms with Crippen molar-refractivity contribution in [2.45, 2.75) is 13.0 Å². The Hall–Kier alpha value is -3.74. The number of ether oxygens (including phenoxy) is 1. The van der Waals surface area contributed by atoms with Crippen LogP contribution in [-0.4, -0.2) is 34.9 Å². The second-order valence-electron chi connectivity index (χ2n) is 6.26. The van der Waals surface area contributed by atoms with E-state index < -0.39 is 0 Å². The number of hydrogen-bond acceptors (Lipinski definition) is 5. The third-order valence-corrected chi connectivity index (χ3v) is 4.07. The molecular formula is C22H22N4O3. The van der Waals surface area contributed by atoms with E-state index in [2.05, 4.69) is 20.6 Å². The van der Waals surface area contributed by atoms with Crippen molar-refractivity contribution in [2.75, 3.05) is 13.1 Å². The summed E-state index contributed by atoms with van der Waals surface area (Å²) in [6.07, 6.45) is 4.98. The molecule has 0 aliphatic heterocycles. The number of carbonyl (C=O) groups excluding carboxylic acids is 2. The molecule has 148 valence electrons. The van der Waals surface area contributed by atoms with Gasteiger partial charge in [0.2, 0.25) is 0 Å². The fourth-order valence-corrected chi connectivity index (χ4v) is 2.57. The van der Waals surface area contributed by atoms with Crippen LogP contribution in [0.25, 0.3) is 0 Å². The number of hydrogen-bond donors (Lipinski definition) is 2. The lowest BCUT2D eigenvalue weighted by atomic mass is 10.2. The molecule has 0 bridgehead atoms. The first-order valence-corrected chi connectivity index (χ1v) is 9.31. The third-order valence-electron chi connectivity index (χ3n) is 4.07. The summed E-state index contributed by atoms with van der Waals surface area (Å²) in [7, 11) is 0. The van der Waals surface area contributed by atoms with E-state index in [0.29, 0.717) is 37.4 Å². The minimum absolute atomic E-state index is 0.185. The number of amides is 2. The van der Waals surface area contributed by atoms with Gasteiger partial charge >= 0.3 is 0 Å². The van der Waals surface area contributed by atoms with Gasteiger partial charge < -0.3 is 15.4 Å². The third kappa shape index (κ3) is 6.42. The van der Waals surface area contributed by atoms with Crippen molar-refractivity contribution >= 4 is 11.8 Å². The maximum absolute atomic E-state index is 12.3. The molecular weight excluding hydrogens is 368 g/mol. The van der Waals surface area contributed by atoms with Crippen molar-refractivity contribution in [3.05, 3.63) is 90.0 Å². The molecule has 7 nitrogen and oxygen atoms in total. The summed E-state index contributed by atoms with van der Waals surface area (Å²) in [6.45, 7) is 1.31. The van der Waals surface area contributed by atoms with E-state index >= 15 is 0 Å². The lowest BCUT2D eigenvalue weighted by Gasteiger charge is -2.09. The van der Waals surface area contributed by atoms with Crippen molar-refractivity contribution < 1.29 is 14.3 Å². The van der Waals surface area contributed by atoms with Crippen LogP contribution in [0.2, 0.25) is 0 Å². The number of nitrogens with zero attached hydrogens (tertiary/aromatic N) is 2. The Balaban J connectivity index is 1.39. The Morgan fingerprint density at radius 3 is 2.45 bits per heavy atom. The topological polar surface area (TPSA) is 93.2 Å². The minimum atomic E-state index is -0.285. The summed E-state index contributed by atoms with van der Waals surface area (Å²) in [6, 6.07) is 16.9. The first-order valence-electron chi connectivity index (χ1n) is 9.31. The van der Waals surface area contributed by atoms with Crippen molar-refractivity contribution in [1.29, 1.82) is 0 Å². The van der Waals surface area contributed by atoms with Gasteiger partial charge in [0.05, 0.1) is 6.20 Å². The summed E-state index contributed by atoms with van der Waals surface area (Å²) in [5.41, 5.74) is 1.86. The Kier molecular flexibility index (Phi) is 7.28. The first kappa shape index (κ1) is 20.0. The van der Waals surface area contributed by atoms with Gasteiger partial charge in [0.1, 0.15) is 18.1 Å². The van der Waals surface area contributed by atoms with Crippen LogP contribution in [0.1, 0.15) is 32.8 Å². The quantitative estimate of drug-likeness (QED) is 0.548. The van der Waals surface area contributed by atoms with Gasteiger partial charge in [-0.1, -0.05) is 36.4 Å². The van der Waals surface area contributed by atoms with E-state index in [1.165, 1.54) is 18.6 Å². The number of rotatable bonds is 9. The van der Waals surface area contributed by atoms with Gasteiger partial charge in [-0.15, -0.1) is 0 Å². The highest BCUT2D eigenvalue weighted by atomic mass is 16.5. The lowest BCUT2D eigenvalue weighted by molar-refractivity contribution is 0.0947. The summed E-state index contributed by atoms with van der Waals surface area (Å²) in [4.78, 5) is 32.0. The SMILES string of the molecule is O=C(NCCCNC(=O)c1cnccn1)c1cccc(OCc2ccccc2)c1. The van der Waals surface area contributed by atoms with Crippen LogP contribution < -0.4 is 15.4 Å². The van der Waals surface area contributed by atoms with Crippen molar-refractivity contribution in [2.24, 2.45) is 0 Å². The van der Waals surface area contributed by atoms with Crippen LogP contribution in [0.4, 0.5) is 0 Å². The molecule has 1 heterocycles. The summed E-state index contributed by atoms with van der Waals surface area (Å²) < 4.78 is 5.76. The Labute approximate surface area is 169 Å². The highest BCUT2D eigenvalue weighted by Crippen LogP contribution is 2.15. The highest BCUT2D eigenvalue weighted by Gasteiger charge is 2.08. The molecule has 2 amide bonds. The minimum Gasteiger partial charge on any atom is -0.489 e. The van der Waals surface area contributed by atoms with Crippen LogP contribution in [0, 0.1) is 0 Å². The molecule has 0 fully saturated rings. The predicted octanol–water partition coefficient (Wildman–Crippen LogP) is 2.61. The molecule has 3 aromatic rings.